The molecule has 0 aliphatic heterocycles. The van der Waals surface area contributed by atoms with Crippen LogP contribution in [0.1, 0.15) is 0 Å². The molecule has 0 atom stereocenters. The van der Waals surface area contributed by atoms with Crippen molar-refractivity contribution in [3.63, 3.8) is 0 Å². The number of thiazole rings is 1. The van der Waals surface area contributed by atoms with Gasteiger partial charge in [-0.1, -0.05) is 103 Å². The number of aromatic nitrogens is 5. The molecule has 6 aromatic carbocycles. The van der Waals surface area contributed by atoms with Gasteiger partial charge in [0.2, 0.25) is 0 Å². The molecule has 0 amide bonds. The molecule has 0 saturated heterocycles. The second kappa shape index (κ2) is 10.9. The maximum Gasteiger partial charge on any atom is 0.166 e. The van der Waals surface area contributed by atoms with Gasteiger partial charge < -0.3 is 4.57 Å². The van der Waals surface area contributed by atoms with E-state index < -0.39 is 0 Å². The minimum atomic E-state index is 0.625. The van der Waals surface area contributed by atoms with Crippen LogP contribution in [0.25, 0.3) is 82.4 Å². The van der Waals surface area contributed by atoms with Gasteiger partial charge in [-0.25, -0.2) is 19.9 Å². The maximum atomic E-state index is 5.06. The third kappa shape index (κ3) is 4.47. The van der Waals surface area contributed by atoms with E-state index in [4.69, 9.17) is 19.9 Å². The quantitative estimate of drug-likeness (QED) is 0.195. The molecule has 0 saturated carbocycles. The van der Waals surface area contributed by atoms with E-state index in [1.54, 1.807) is 11.3 Å². The first-order valence-corrected chi connectivity index (χ1v) is 16.0. The van der Waals surface area contributed by atoms with Crippen molar-refractivity contribution in [3.05, 3.63) is 152 Å². The first-order valence-electron chi connectivity index (χ1n) is 15.2. The Morgan fingerprint density at radius 3 is 1.80 bits per heavy atom. The molecule has 3 aromatic heterocycles. The highest BCUT2D eigenvalue weighted by atomic mass is 32.1. The summed E-state index contributed by atoms with van der Waals surface area (Å²) in [4.78, 5) is 20.0. The molecule has 216 valence electrons. The SMILES string of the molecule is c1ccc(-c2nc(-c3ccccc3)nc(-c3ccccc3-n3c4ccccc4c4cc(-c5nc6ccccc6s5)ccc43)n2)cc1. The third-order valence-electron chi connectivity index (χ3n) is 8.30. The third-order valence-corrected chi connectivity index (χ3v) is 9.38. The van der Waals surface area contributed by atoms with E-state index in [1.165, 1.54) is 15.5 Å². The van der Waals surface area contributed by atoms with E-state index in [2.05, 4.69) is 83.4 Å². The molecule has 0 bridgehead atoms. The lowest BCUT2D eigenvalue weighted by Gasteiger charge is -2.14. The van der Waals surface area contributed by atoms with E-state index in [0.29, 0.717) is 17.5 Å². The first kappa shape index (κ1) is 26.4. The molecule has 0 aliphatic rings. The molecular formula is C40H25N5S. The van der Waals surface area contributed by atoms with E-state index in [9.17, 15) is 0 Å². The molecule has 0 fully saturated rings. The Labute approximate surface area is 269 Å². The summed E-state index contributed by atoms with van der Waals surface area (Å²) in [5.74, 6) is 1.91. The van der Waals surface area contributed by atoms with Gasteiger partial charge in [0.15, 0.2) is 17.5 Å². The van der Waals surface area contributed by atoms with E-state index in [-0.39, 0.29) is 0 Å². The van der Waals surface area contributed by atoms with Gasteiger partial charge in [0.1, 0.15) is 5.01 Å². The lowest BCUT2D eigenvalue weighted by molar-refractivity contribution is 1.06. The molecule has 3 heterocycles. The summed E-state index contributed by atoms with van der Waals surface area (Å²) in [6, 6.07) is 52.1. The van der Waals surface area contributed by atoms with Crippen LogP contribution in [0.3, 0.4) is 0 Å². The van der Waals surface area contributed by atoms with Gasteiger partial charge in [-0.15, -0.1) is 11.3 Å². The normalized spacial score (nSPS) is 11.5. The van der Waals surface area contributed by atoms with Gasteiger partial charge in [-0.3, -0.25) is 0 Å². The minimum absolute atomic E-state index is 0.625. The summed E-state index contributed by atoms with van der Waals surface area (Å²) in [7, 11) is 0. The summed E-state index contributed by atoms with van der Waals surface area (Å²) >= 11 is 1.73. The van der Waals surface area contributed by atoms with Gasteiger partial charge in [0.25, 0.3) is 0 Å². The topological polar surface area (TPSA) is 56.5 Å². The van der Waals surface area contributed by atoms with Crippen molar-refractivity contribution in [2.24, 2.45) is 0 Å². The van der Waals surface area contributed by atoms with Gasteiger partial charge >= 0.3 is 0 Å². The molecule has 0 radical (unpaired) electrons. The predicted octanol–water partition coefficient (Wildman–Crippen LogP) is 10.2. The highest BCUT2D eigenvalue weighted by Gasteiger charge is 2.19. The maximum absolute atomic E-state index is 5.06. The lowest BCUT2D eigenvalue weighted by Crippen LogP contribution is -2.03. The van der Waals surface area contributed by atoms with Gasteiger partial charge in [0, 0.05) is 33.0 Å². The van der Waals surface area contributed by atoms with E-state index in [1.807, 2.05) is 72.8 Å². The van der Waals surface area contributed by atoms with Crippen molar-refractivity contribution in [1.29, 1.82) is 0 Å². The van der Waals surface area contributed by atoms with Gasteiger partial charge in [-0.2, -0.15) is 0 Å². The number of nitrogens with zero attached hydrogens (tertiary/aromatic N) is 5. The molecule has 0 N–H and O–H groups in total. The van der Waals surface area contributed by atoms with Crippen LogP contribution in [-0.4, -0.2) is 24.5 Å². The Kier molecular flexibility index (Phi) is 6.25. The summed E-state index contributed by atoms with van der Waals surface area (Å²) in [5.41, 5.74) is 8.19. The zero-order chi connectivity index (χ0) is 30.5. The molecule has 9 aromatic rings. The van der Waals surface area contributed by atoms with Crippen molar-refractivity contribution in [1.82, 2.24) is 24.5 Å². The summed E-state index contributed by atoms with van der Waals surface area (Å²) < 4.78 is 3.52. The summed E-state index contributed by atoms with van der Waals surface area (Å²) in [6.07, 6.45) is 0. The number of hydrogen-bond donors (Lipinski definition) is 0. The summed E-state index contributed by atoms with van der Waals surface area (Å²) in [6.45, 7) is 0. The molecular weight excluding hydrogens is 583 g/mol. The van der Waals surface area contributed by atoms with Gasteiger partial charge in [-0.05, 0) is 48.5 Å². The Morgan fingerprint density at radius 1 is 0.435 bits per heavy atom. The Morgan fingerprint density at radius 2 is 1.04 bits per heavy atom. The standard InChI is InChI=1S/C40H25N5S/c1-3-13-26(14-4-1)37-42-38(27-15-5-2-6-16-27)44-39(43-37)30-18-8-11-21-34(30)45-33-20-10-7-17-29(33)31-25-28(23-24-35(31)45)40-41-32-19-9-12-22-36(32)46-40/h1-25H. The highest BCUT2D eigenvalue weighted by Crippen LogP contribution is 2.39. The molecule has 0 aliphatic carbocycles. The number of fused-ring (bicyclic) bond motifs is 4. The fourth-order valence-corrected chi connectivity index (χ4v) is 7.11. The van der Waals surface area contributed by atoms with Crippen molar-refractivity contribution in [2.75, 3.05) is 0 Å². The Balaban J connectivity index is 1.27. The van der Waals surface area contributed by atoms with Crippen LogP contribution in [0.2, 0.25) is 0 Å². The largest absolute Gasteiger partial charge is 0.309 e. The van der Waals surface area contributed by atoms with E-state index >= 15 is 0 Å². The van der Waals surface area contributed by atoms with Crippen molar-refractivity contribution in [3.8, 4) is 50.4 Å². The van der Waals surface area contributed by atoms with Crippen LogP contribution in [-0.2, 0) is 0 Å². The van der Waals surface area contributed by atoms with Crippen LogP contribution in [0.5, 0.6) is 0 Å². The zero-order valence-corrected chi connectivity index (χ0v) is 25.4. The first-order chi connectivity index (χ1) is 22.8. The summed E-state index contributed by atoms with van der Waals surface area (Å²) in [5, 5.41) is 3.38. The van der Waals surface area contributed by atoms with E-state index in [0.717, 1.165) is 49.5 Å². The van der Waals surface area contributed by atoms with Crippen LogP contribution in [0.4, 0.5) is 0 Å². The van der Waals surface area contributed by atoms with Crippen molar-refractivity contribution < 1.29 is 0 Å². The molecule has 6 heteroatoms. The second-order valence-corrected chi connectivity index (χ2v) is 12.2. The fraction of sp³-hybridized carbons (Fsp3) is 0. The van der Waals surface area contributed by atoms with Crippen molar-refractivity contribution in [2.45, 2.75) is 0 Å². The predicted molar refractivity (Wildman–Crippen MR) is 189 cm³/mol. The molecule has 0 unspecified atom stereocenters. The number of hydrogen-bond acceptors (Lipinski definition) is 5. The zero-order valence-electron chi connectivity index (χ0n) is 24.6. The smallest absolute Gasteiger partial charge is 0.166 e. The molecule has 46 heavy (non-hydrogen) atoms. The van der Waals surface area contributed by atoms with Crippen molar-refractivity contribution >= 4 is 43.4 Å². The Bertz CT molecular complexity index is 2440. The van der Waals surface area contributed by atoms with Gasteiger partial charge in [0.05, 0.1) is 26.9 Å². The average molecular weight is 608 g/mol. The molecule has 9 rings (SSSR count). The number of para-hydroxylation sites is 3. The fourth-order valence-electron chi connectivity index (χ4n) is 6.15. The average Bonchev–Trinajstić information content (AvgIpc) is 3.71. The van der Waals surface area contributed by atoms with Crippen LogP contribution >= 0.6 is 11.3 Å². The molecule has 0 spiro atoms. The lowest BCUT2D eigenvalue weighted by atomic mass is 10.1. The molecule has 5 nitrogen and oxygen atoms in total. The minimum Gasteiger partial charge on any atom is -0.309 e. The number of rotatable bonds is 5. The highest BCUT2D eigenvalue weighted by molar-refractivity contribution is 7.21. The van der Waals surface area contributed by atoms with Crippen LogP contribution in [0, 0.1) is 0 Å². The monoisotopic (exact) mass is 607 g/mol. The second-order valence-electron chi connectivity index (χ2n) is 11.1. The van der Waals surface area contributed by atoms with Crippen LogP contribution in [0.15, 0.2) is 152 Å². The number of benzene rings is 6. The Hall–Kier alpha value is -5.98. The van der Waals surface area contributed by atoms with Crippen LogP contribution < -0.4 is 0 Å².